The third-order valence-electron chi connectivity index (χ3n) is 3.93. The fraction of sp³-hybridized carbons (Fsp3) is 0.417. The summed E-state index contributed by atoms with van der Waals surface area (Å²) in [6.07, 6.45) is -3.18. The Morgan fingerprint density at radius 1 is 1.48 bits per heavy atom. The molecule has 8 N–H and O–H groups in total. The molecular weight excluding hydrogens is 353 g/mol. The molecule has 1 fully saturated rings. The average Bonchev–Trinajstić information content (AvgIpc) is 3.08. The van der Waals surface area contributed by atoms with Crippen molar-refractivity contribution in [3.8, 4) is 6.07 Å². The number of nitrogen functional groups attached to an aromatic ring is 1. The smallest absolute Gasteiger partial charge is 0.335 e. The number of nitrogens with two attached hydrogens (primary N) is 3. The Kier molecular flexibility index (Phi) is 4.26. The molecule has 1 aliphatic heterocycles. The molecular formula is C12H16N7O5P. The SMILES string of the molecule is N#CC1(c2ccc3c(N)ncnn23)O[C@H](COP(N)(N)=O)[C@@H](O)[C@H]1O. The van der Waals surface area contributed by atoms with Crippen LogP contribution in [0, 0.1) is 11.3 Å². The summed E-state index contributed by atoms with van der Waals surface area (Å²) in [5.41, 5.74) is 14.5. The van der Waals surface area contributed by atoms with E-state index in [2.05, 4.69) is 10.1 Å². The second-order valence-corrected chi connectivity index (χ2v) is 7.09. The van der Waals surface area contributed by atoms with Crippen molar-refractivity contribution in [2.75, 3.05) is 12.3 Å². The highest BCUT2D eigenvalue weighted by molar-refractivity contribution is 7.53. The molecule has 0 spiro atoms. The Hall–Kier alpha value is -2.10. The van der Waals surface area contributed by atoms with Gasteiger partial charge in [0.15, 0.2) is 5.82 Å². The zero-order valence-corrected chi connectivity index (χ0v) is 13.7. The van der Waals surface area contributed by atoms with E-state index in [-0.39, 0.29) is 11.5 Å². The van der Waals surface area contributed by atoms with Crippen molar-refractivity contribution in [1.82, 2.24) is 14.6 Å². The standard InChI is InChI=1S/C12H16N7O5P/c13-4-12(8-2-1-6-11(14)17-5-18-19(6)8)10(21)9(20)7(24-12)3-23-25(15,16)22/h1-2,5,7,9-10,20-21H,3H2,(H2,14,17,18)(H4,15,16,22)/t7-,9-,10-,12?/m1/s1. The van der Waals surface area contributed by atoms with Gasteiger partial charge in [-0.25, -0.2) is 20.5 Å². The van der Waals surface area contributed by atoms with Gasteiger partial charge in [0.2, 0.25) is 5.60 Å². The van der Waals surface area contributed by atoms with E-state index < -0.39 is 38.2 Å². The maximum atomic E-state index is 11.3. The summed E-state index contributed by atoms with van der Waals surface area (Å²) in [5.74, 6) is 0.162. The van der Waals surface area contributed by atoms with Crippen LogP contribution in [0.25, 0.3) is 5.52 Å². The number of aliphatic hydroxyl groups is 2. The van der Waals surface area contributed by atoms with Crippen molar-refractivity contribution >= 4 is 19.0 Å². The van der Waals surface area contributed by atoms with Gasteiger partial charge in [-0.15, -0.1) is 0 Å². The van der Waals surface area contributed by atoms with Crippen molar-refractivity contribution in [3.63, 3.8) is 0 Å². The number of ether oxygens (including phenoxy) is 1. The van der Waals surface area contributed by atoms with E-state index in [9.17, 15) is 20.0 Å². The molecule has 1 saturated heterocycles. The van der Waals surface area contributed by atoms with Crippen molar-refractivity contribution in [3.05, 3.63) is 24.2 Å². The highest BCUT2D eigenvalue weighted by atomic mass is 31.2. The van der Waals surface area contributed by atoms with Gasteiger partial charge in [-0.3, -0.25) is 4.57 Å². The number of aliphatic hydroxyl groups excluding tert-OH is 2. The molecule has 0 bridgehead atoms. The summed E-state index contributed by atoms with van der Waals surface area (Å²) in [6, 6.07) is 4.87. The molecule has 3 rings (SSSR count). The van der Waals surface area contributed by atoms with E-state index in [1.165, 1.54) is 16.9 Å². The summed E-state index contributed by atoms with van der Waals surface area (Å²) in [6.45, 7) is -0.480. The van der Waals surface area contributed by atoms with Gasteiger partial charge >= 0.3 is 7.67 Å². The van der Waals surface area contributed by atoms with Crippen LogP contribution in [0.15, 0.2) is 18.5 Å². The zero-order valence-electron chi connectivity index (χ0n) is 12.8. The zero-order chi connectivity index (χ0) is 18.4. The van der Waals surface area contributed by atoms with Crippen LogP contribution in [0.1, 0.15) is 5.69 Å². The van der Waals surface area contributed by atoms with Gasteiger partial charge in [0.05, 0.1) is 12.3 Å². The molecule has 13 heteroatoms. The lowest BCUT2D eigenvalue weighted by molar-refractivity contribution is -0.0609. The Morgan fingerprint density at radius 2 is 2.20 bits per heavy atom. The molecule has 1 unspecified atom stereocenters. The van der Waals surface area contributed by atoms with Gasteiger partial charge in [0.25, 0.3) is 0 Å². The molecule has 2 aromatic rings. The molecule has 3 heterocycles. The summed E-state index contributed by atoms with van der Waals surface area (Å²) in [7, 11) is -3.82. The predicted molar refractivity (Wildman–Crippen MR) is 83.5 cm³/mol. The van der Waals surface area contributed by atoms with E-state index in [0.717, 1.165) is 0 Å². The molecule has 0 radical (unpaired) electrons. The van der Waals surface area contributed by atoms with Crippen LogP contribution < -0.4 is 16.7 Å². The number of nitriles is 1. The van der Waals surface area contributed by atoms with Crippen molar-refractivity contribution in [1.29, 1.82) is 5.26 Å². The van der Waals surface area contributed by atoms with Crippen LogP contribution in [0.2, 0.25) is 0 Å². The number of fused-ring (bicyclic) bond motifs is 1. The van der Waals surface area contributed by atoms with Gasteiger partial charge in [-0.2, -0.15) is 10.4 Å². The lowest BCUT2D eigenvalue weighted by Crippen LogP contribution is -2.41. The Bertz CT molecular complexity index is 892. The third-order valence-corrected chi connectivity index (χ3v) is 4.48. The fourth-order valence-electron chi connectivity index (χ4n) is 2.74. The summed E-state index contributed by atoms with van der Waals surface area (Å²) in [4.78, 5) is 3.83. The van der Waals surface area contributed by atoms with Crippen molar-refractivity contribution in [2.24, 2.45) is 11.0 Å². The molecule has 0 amide bonds. The minimum atomic E-state index is -3.82. The van der Waals surface area contributed by atoms with E-state index in [1.807, 2.05) is 6.07 Å². The van der Waals surface area contributed by atoms with E-state index >= 15 is 0 Å². The molecule has 4 atom stereocenters. The van der Waals surface area contributed by atoms with Gasteiger partial charge < -0.3 is 25.2 Å². The minimum absolute atomic E-state index is 0.136. The van der Waals surface area contributed by atoms with Crippen LogP contribution in [-0.2, 0) is 19.4 Å². The number of anilines is 1. The van der Waals surface area contributed by atoms with Crippen LogP contribution in [0.3, 0.4) is 0 Å². The second kappa shape index (κ2) is 6.01. The van der Waals surface area contributed by atoms with Crippen LogP contribution in [0.4, 0.5) is 5.82 Å². The maximum absolute atomic E-state index is 11.3. The highest BCUT2D eigenvalue weighted by Crippen LogP contribution is 2.41. The lowest BCUT2D eigenvalue weighted by Gasteiger charge is -2.24. The van der Waals surface area contributed by atoms with E-state index in [4.69, 9.17) is 26.0 Å². The normalized spacial score (nSPS) is 29.8. The van der Waals surface area contributed by atoms with Crippen LogP contribution in [-0.4, -0.2) is 49.7 Å². The quantitative estimate of drug-likeness (QED) is 0.379. The Morgan fingerprint density at radius 3 is 2.84 bits per heavy atom. The highest BCUT2D eigenvalue weighted by Gasteiger charge is 2.57. The largest absolute Gasteiger partial charge is 0.387 e. The molecule has 1 aliphatic rings. The number of rotatable bonds is 4. The molecule has 25 heavy (non-hydrogen) atoms. The van der Waals surface area contributed by atoms with Crippen molar-refractivity contribution in [2.45, 2.75) is 23.9 Å². The maximum Gasteiger partial charge on any atom is 0.335 e. The first kappa shape index (κ1) is 17.7. The molecule has 12 nitrogen and oxygen atoms in total. The number of hydrogen-bond donors (Lipinski definition) is 5. The van der Waals surface area contributed by atoms with Gasteiger partial charge in [-0.1, -0.05) is 0 Å². The van der Waals surface area contributed by atoms with Gasteiger partial charge in [-0.05, 0) is 12.1 Å². The van der Waals surface area contributed by atoms with Gasteiger partial charge in [0, 0.05) is 0 Å². The molecule has 134 valence electrons. The first-order valence-corrected chi connectivity index (χ1v) is 8.81. The topological polar surface area (TPSA) is 208 Å². The first-order valence-electron chi connectivity index (χ1n) is 7.05. The van der Waals surface area contributed by atoms with Gasteiger partial charge in [0.1, 0.15) is 36.2 Å². The summed E-state index contributed by atoms with van der Waals surface area (Å²) < 4.78 is 22.9. The van der Waals surface area contributed by atoms with E-state index in [1.54, 1.807) is 6.07 Å². The van der Waals surface area contributed by atoms with Crippen molar-refractivity contribution < 1.29 is 24.0 Å². The minimum Gasteiger partial charge on any atom is -0.387 e. The molecule has 0 saturated carbocycles. The summed E-state index contributed by atoms with van der Waals surface area (Å²) >= 11 is 0. The molecule has 0 aromatic carbocycles. The molecule has 2 aromatic heterocycles. The first-order chi connectivity index (χ1) is 11.7. The average molecular weight is 369 g/mol. The monoisotopic (exact) mass is 369 g/mol. The number of nitrogens with zero attached hydrogens (tertiary/aromatic N) is 4. The van der Waals surface area contributed by atoms with Crippen LogP contribution in [0.5, 0.6) is 0 Å². The lowest BCUT2D eigenvalue weighted by atomic mass is 9.92. The number of aromatic nitrogens is 3. The third kappa shape index (κ3) is 2.88. The molecule has 0 aliphatic carbocycles. The van der Waals surface area contributed by atoms with E-state index in [0.29, 0.717) is 5.52 Å². The Balaban J connectivity index is 2.01. The predicted octanol–water partition coefficient (Wildman–Crippen LogP) is -1.81. The Labute approximate surface area is 141 Å². The second-order valence-electron chi connectivity index (χ2n) is 5.54. The fourth-order valence-corrected chi connectivity index (χ4v) is 3.12. The summed E-state index contributed by atoms with van der Waals surface area (Å²) in [5, 5.41) is 34.3. The van der Waals surface area contributed by atoms with Crippen LogP contribution >= 0.6 is 7.67 Å². The number of hydrogen-bond acceptors (Lipinski definition) is 9.